The number of carbonyl (C=O) groups is 1. The summed E-state index contributed by atoms with van der Waals surface area (Å²) in [6.45, 7) is 2.72. The standard InChI is InChI=1S/C24H32N4O4S/c1-32-21-9-4-3-8-20(21)18-26-24(29)19-11-16-27(17-12-19)23-22(10-7-13-25-23)33(30,31)28-14-5-2-6-15-28/h3-4,7-10,13,19H,2,5-6,11-12,14-18H2,1H3,(H,26,29). The number of benzene rings is 1. The molecule has 1 aromatic heterocycles. The van der Waals surface area contributed by atoms with Crippen molar-refractivity contribution in [3.63, 3.8) is 0 Å². The van der Waals surface area contributed by atoms with E-state index in [0.717, 1.165) is 30.6 Å². The second kappa shape index (κ2) is 10.5. The fraction of sp³-hybridized carbons (Fsp3) is 0.500. The first kappa shape index (κ1) is 23.5. The third kappa shape index (κ3) is 5.30. The summed E-state index contributed by atoms with van der Waals surface area (Å²) in [5, 5.41) is 3.02. The van der Waals surface area contributed by atoms with E-state index in [-0.39, 0.29) is 16.7 Å². The second-order valence-corrected chi connectivity index (χ2v) is 10.5. The Kier molecular flexibility index (Phi) is 7.49. The van der Waals surface area contributed by atoms with Gasteiger partial charge in [-0.1, -0.05) is 24.6 Å². The number of ether oxygens (including phenoxy) is 1. The Hall–Kier alpha value is -2.65. The van der Waals surface area contributed by atoms with Gasteiger partial charge in [-0.15, -0.1) is 0 Å². The highest BCUT2D eigenvalue weighted by atomic mass is 32.2. The molecule has 2 aliphatic heterocycles. The van der Waals surface area contributed by atoms with E-state index in [1.54, 1.807) is 29.7 Å². The number of rotatable bonds is 7. The third-order valence-electron chi connectivity index (χ3n) is 6.49. The fourth-order valence-corrected chi connectivity index (χ4v) is 6.27. The lowest BCUT2D eigenvalue weighted by Gasteiger charge is -2.34. The van der Waals surface area contributed by atoms with Crippen LogP contribution in [0, 0.1) is 5.92 Å². The molecule has 1 N–H and O–H groups in total. The number of pyridine rings is 1. The number of piperidine rings is 2. The molecule has 2 aliphatic rings. The molecule has 178 valence electrons. The van der Waals surface area contributed by atoms with Crippen molar-refractivity contribution in [1.82, 2.24) is 14.6 Å². The lowest BCUT2D eigenvalue weighted by atomic mass is 9.95. The maximum atomic E-state index is 13.3. The van der Waals surface area contributed by atoms with Crippen molar-refractivity contribution in [2.24, 2.45) is 5.92 Å². The van der Waals surface area contributed by atoms with Crippen LogP contribution in [-0.4, -0.2) is 56.9 Å². The van der Waals surface area contributed by atoms with Gasteiger partial charge in [0, 0.05) is 50.4 Å². The van der Waals surface area contributed by atoms with Gasteiger partial charge < -0.3 is 15.0 Å². The van der Waals surface area contributed by atoms with Gasteiger partial charge in [0.25, 0.3) is 0 Å². The van der Waals surface area contributed by atoms with Crippen LogP contribution < -0.4 is 15.0 Å². The smallest absolute Gasteiger partial charge is 0.246 e. The van der Waals surface area contributed by atoms with Gasteiger partial charge in [0.15, 0.2) is 0 Å². The van der Waals surface area contributed by atoms with E-state index >= 15 is 0 Å². The van der Waals surface area contributed by atoms with Gasteiger partial charge >= 0.3 is 0 Å². The molecule has 0 spiro atoms. The Morgan fingerprint density at radius 2 is 1.79 bits per heavy atom. The number of sulfonamides is 1. The van der Waals surface area contributed by atoms with Crippen molar-refractivity contribution in [1.29, 1.82) is 0 Å². The van der Waals surface area contributed by atoms with Crippen LogP contribution in [0.2, 0.25) is 0 Å². The van der Waals surface area contributed by atoms with Crippen LogP contribution in [0.5, 0.6) is 5.75 Å². The summed E-state index contributed by atoms with van der Waals surface area (Å²) >= 11 is 0. The topological polar surface area (TPSA) is 91.8 Å². The number of para-hydroxylation sites is 1. The SMILES string of the molecule is COc1ccccc1CNC(=O)C1CCN(c2ncccc2S(=O)(=O)N2CCCCC2)CC1. The minimum absolute atomic E-state index is 0.0164. The van der Waals surface area contributed by atoms with Gasteiger partial charge in [0.2, 0.25) is 15.9 Å². The summed E-state index contributed by atoms with van der Waals surface area (Å²) in [6.07, 6.45) is 5.79. The Balaban J connectivity index is 1.39. The molecule has 0 atom stereocenters. The number of amides is 1. The van der Waals surface area contributed by atoms with Crippen LogP contribution in [0.15, 0.2) is 47.5 Å². The van der Waals surface area contributed by atoms with E-state index < -0.39 is 10.0 Å². The molecular formula is C24H32N4O4S. The predicted octanol–water partition coefficient (Wildman–Crippen LogP) is 2.80. The van der Waals surface area contributed by atoms with Crippen LogP contribution in [0.25, 0.3) is 0 Å². The Bertz CT molecular complexity index is 1060. The first-order chi connectivity index (χ1) is 16.0. The molecule has 3 heterocycles. The molecule has 0 saturated carbocycles. The molecule has 0 aliphatic carbocycles. The zero-order valence-electron chi connectivity index (χ0n) is 19.1. The summed E-state index contributed by atoms with van der Waals surface area (Å²) in [7, 11) is -1.96. The number of carbonyl (C=O) groups excluding carboxylic acids is 1. The molecule has 9 heteroatoms. The van der Waals surface area contributed by atoms with Crippen molar-refractivity contribution in [3.05, 3.63) is 48.2 Å². The maximum absolute atomic E-state index is 13.3. The largest absolute Gasteiger partial charge is 0.496 e. The van der Waals surface area contributed by atoms with Crippen molar-refractivity contribution >= 4 is 21.7 Å². The summed E-state index contributed by atoms with van der Waals surface area (Å²) in [5.41, 5.74) is 0.937. The number of aromatic nitrogens is 1. The monoisotopic (exact) mass is 472 g/mol. The highest BCUT2D eigenvalue weighted by Crippen LogP contribution is 2.30. The molecule has 0 unspecified atom stereocenters. The highest BCUT2D eigenvalue weighted by molar-refractivity contribution is 7.89. The average Bonchev–Trinajstić information content (AvgIpc) is 2.88. The van der Waals surface area contributed by atoms with Gasteiger partial charge in [0.05, 0.1) is 7.11 Å². The quantitative estimate of drug-likeness (QED) is 0.666. The first-order valence-electron chi connectivity index (χ1n) is 11.6. The lowest BCUT2D eigenvalue weighted by molar-refractivity contribution is -0.125. The number of nitrogens with one attached hydrogen (secondary N) is 1. The van der Waals surface area contributed by atoms with Crippen molar-refractivity contribution in [2.75, 3.05) is 38.2 Å². The zero-order valence-corrected chi connectivity index (χ0v) is 19.9. The average molecular weight is 473 g/mol. The maximum Gasteiger partial charge on any atom is 0.246 e. The zero-order chi connectivity index (χ0) is 23.3. The minimum Gasteiger partial charge on any atom is -0.496 e. The molecular weight excluding hydrogens is 440 g/mol. The summed E-state index contributed by atoms with van der Waals surface area (Å²) < 4.78 is 33.5. The van der Waals surface area contributed by atoms with Crippen LogP contribution in [0.4, 0.5) is 5.82 Å². The van der Waals surface area contributed by atoms with E-state index in [4.69, 9.17) is 4.74 Å². The molecule has 4 rings (SSSR count). The molecule has 2 fully saturated rings. The first-order valence-corrected chi connectivity index (χ1v) is 13.0. The van der Waals surface area contributed by atoms with E-state index in [1.165, 1.54) is 0 Å². The van der Waals surface area contributed by atoms with E-state index in [0.29, 0.717) is 51.4 Å². The van der Waals surface area contributed by atoms with E-state index in [1.807, 2.05) is 29.2 Å². The molecule has 2 aromatic rings. The van der Waals surface area contributed by atoms with Crippen molar-refractivity contribution < 1.29 is 17.9 Å². The van der Waals surface area contributed by atoms with Gasteiger partial charge in [0.1, 0.15) is 16.5 Å². The van der Waals surface area contributed by atoms with Crippen LogP contribution >= 0.6 is 0 Å². The number of methoxy groups -OCH3 is 1. The highest BCUT2D eigenvalue weighted by Gasteiger charge is 2.32. The Labute approximate surface area is 196 Å². The summed E-state index contributed by atoms with van der Waals surface area (Å²) in [6, 6.07) is 11.0. The normalized spacial score (nSPS) is 18.2. The number of hydrogen-bond donors (Lipinski definition) is 1. The summed E-state index contributed by atoms with van der Waals surface area (Å²) in [5.74, 6) is 1.16. The molecule has 33 heavy (non-hydrogen) atoms. The molecule has 0 bridgehead atoms. The van der Waals surface area contributed by atoms with Gasteiger partial charge in [-0.3, -0.25) is 4.79 Å². The molecule has 1 aromatic carbocycles. The van der Waals surface area contributed by atoms with Crippen molar-refractivity contribution in [3.8, 4) is 5.75 Å². The van der Waals surface area contributed by atoms with Crippen LogP contribution in [0.3, 0.4) is 0 Å². The molecule has 2 saturated heterocycles. The molecule has 0 radical (unpaired) electrons. The Morgan fingerprint density at radius 3 is 2.52 bits per heavy atom. The minimum atomic E-state index is -3.58. The summed E-state index contributed by atoms with van der Waals surface area (Å²) in [4.78, 5) is 19.5. The van der Waals surface area contributed by atoms with Crippen molar-refractivity contribution in [2.45, 2.75) is 43.5 Å². The predicted molar refractivity (Wildman–Crippen MR) is 127 cm³/mol. The van der Waals surface area contributed by atoms with Gasteiger partial charge in [-0.25, -0.2) is 13.4 Å². The third-order valence-corrected chi connectivity index (χ3v) is 8.41. The van der Waals surface area contributed by atoms with E-state index in [9.17, 15) is 13.2 Å². The number of anilines is 1. The number of hydrogen-bond acceptors (Lipinski definition) is 6. The molecule has 8 nitrogen and oxygen atoms in total. The molecule has 1 amide bonds. The second-order valence-electron chi connectivity index (χ2n) is 8.58. The van der Waals surface area contributed by atoms with Gasteiger partial charge in [-0.05, 0) is 43.9 Å². The van der Waals surface area contributed by atoms with Crippen LogP contribution in [-0.2, 0) is 21.4 Å². The van der Waals surface area contributed by atoms with E-state index in [2.05, 4.69) is 10.3 Å². The lowest BCUT2D eigenvalue weighted by Crippen LogP contribution is -2.42. The number of nitrogens with zero attached hydrogens (tertiary/aromatic N) is 3. The van der Waals surface area contributed by atoms with Crippen LogP contribution in [0.1, 0.15) is 37.7 Å². The van der Waals surface area contributed by atoms with Gasteiger partial charge in [-0.2, -0.15) is 4.31 Å². The fourth-order valence-electron chi connectivity index (χ4n) is 4.59. The Morgan fingerprint density at radius 1 is 1.06 bits per heavy atom.